The van der Waals surface area contributed by atoms with E-state index in [4.69, 9.17) is 5.11 Å². The first-order chi connectivity index (χ1) is 9.10. The maximum absolute atomic E-state index is 12.6. The molecule has 0 aliphatic heterocycles. The molecule has 0 heterocycles. The van der Waals surface area contributed by atoms with Gasteiger partial charge in [0.05, 0.1) is 17.1 Å². The second-order valence-electron chi connectivity index (χ2n) is 4.46. The normalized spacial score (nSPS) is 13.2. The predicted molar refractivity (Wildman–Crippen MR) is 67.6 cm³/mol. The molecule has 0 aromatic heterocycles. The Morgan fingerprint density at radius 1 is 1.30 bits per heavy atom. The molecule has 0 atom stereocenters. The molecule has 0 aliphatic rings. The zero-order chi connectivity index (χ0) is 15.6. The van der Waals surface area contributed by atoms with Crippen LogP contribution >= 0.6 is 0 Å². The summed E-state index contributed by atoms with van der Waals surface area (Å²) in [5.74, 6) is 0. The highest BCUT2D eigenvalue weighted by atomic mass is 32.2. The lowest BCUT2D eigenvalue weighted by Gasteiger charge is -2.25. The van der Waals surface area contributed by atoms with Gasteiger partial charge in [0.2, 0.25) is 10.0 Å². The molecule has 8 heteroatoms. The number of sulfonamides is 1. The maximum Gasteiger partial charge on any atom is 0.416 e. The molecule has 20 heavy (non-hydrogen) atoms. The number of alkyl halides is 3. The van der Waals surface area contributed by atoms with E-state index in [1.807, 2.05) is 0 Å². The van der Waals surface area contributed by atoms with Crippen molar-refractivity contribution in [1.82, 2.24) is 4.31 Å². The molecule has 1 aromatic carbocycles. The molecular formula is C12H16F3NO3S. The summed E-state index contributed by atoms with van der Waals surface area (Å²) in [6.07, 6.45) is -4.61. The minimum absolute atomic E-state index is 0.170. The van der Waals surface area contributed by atoms with E-state index in [1.165, 1.54) is 0 Å². The summed E-state index contributed by atoms with van der Waals surface area (Å²) >= 11 is 0. The molecule has 4 nitrogen and oxygen atoms in total. The average Bonchev–Trinajstić information content (AvgIpc) is 2.34. The number of aliphatic hydroxyl groups is 1. The summed E-state index contributed by atoms with van der Waals surface area (Å²) in [6, 6.07) is 3.10. The lowest BCUT2D eigenvalue weighted by Crippen LogP contribution is -2.39. The number of halogens is 3. The highest BCUT2D eigenvalue weighted by molar-refractivity contribution is 7.89. The summed E-state index contributed by atoms with van der Waals surface area (Å²) in [6.45, 7) is 2.59. The third kappa shape index (κ3) is 3.71. The van der Waals surface area contributed by atoms with Gasteiger partial charge in [0, 0.05) is 12.6 Å². The third-order valence-electron chi connectivity index (χ3n) is 2.66. The van der Waals surface area contributed by atoms with Crippen LogP contribution in [0.5, 0.6) is 0 Å². The zero-order valence-electron chi connectivity index (χ0n) is 11.1. The molecule has 0 saturated carbocycles. The van der Waals surface area contributed by atoms with Crippen molar-refractivity contribution in [3.63, 3.8) is 0 Å². The molecule has 114 valence electrons. The van der Waals surface area contributed by atoms with E-state index in [2.05, 4.69) is 0 Å². The van der Waals surface area contributed by atoms with Gasteiger partial charge in [-0.15, -0.1) is 0 Å². The molecule has 0 radical (unpaired) electrons. The van der Waals surface area contributed by atoms with Crippen LogP contribution in [0.1, 0.15) is 19.4 Å². The molecule has 0 fully saturated rings. The van der Waals surface area contributed by atoms with Crippen LogP contribution in [0.2, 0.25) is 0 Å². The third-order valence-corrected chi connectivity index (χ3v) is 4.74. The van der Waals surface area contributed by atoms with Crippen LogP contribution in [0.15, 0.2) is 29.2 Å². The lowest BCUT2D eigenvalue weighted by atomic mass is 10.2. The second-order valence-corrected chi connectivity index (χ2v) is 6.35. The molecule has 1 rings (SSSR count). The van der Waals surface area contributed by atoms with Crippen LogP contribution in [0.3, 0.4) is 0 Å². The Bertz CT molecular complexity index is 555. The van der Waals surface area contributed by atoms with Crippen LogP contribution < -0.4 is 0 Å². The number of benzene rings is 1. The van der Waals surface area contributed by atoms with Crippen molar-refractivity contribution in [2.24, 2.45) is 0 Å². The molecule has 0 saturated heterocycles. The Hall–Kier alpha value is -1.12. The van der Waals surface area contributed by atoms with Crippen LogP contribution in [0, 0.1) is 0 Å². The Balaban J connectivity index is 3.28. The first kappa shape index (κ1) is 16.9. The van der Waals surface area contributed by atoms with E-state index in [-0.39, 0.29) is 6.54 Å². The number of hydrogen-bond donors (Lipinski definition) is 1. The van der Waals surface area contributed by atoms with Gasteiger partial charge < -0.3 is 5.11 Å². The van der Waals surface area contributed by atoms with Crippen molar-refractivity contribution in [1.29, 1.82) is 0 Å². The molecule has 0 bridgehead atoms. The van der Waals surface area contributed by atoms with Crippen molar-refractivity contribution >= 4 is 10.0 Å². The van der Waals surface area contributed by atoms with Gasteiger partial charge in [-0.25, -0.2) is 8.42 Å². The van der Waals surface area contributed by atoms with Crippen LogP contribution in [0.25, 0.3) is 0 Å². The summed E-state index contributed by atoms with van der Waals surface area (Å²) < 4.78 is 63.4. The van der Waals surface area contributed by atoms with Crippen molar-refractivity contribution in [2.45, 2.75) is 31.0 Å². The fourth-order valence-corrected chi connectivity index (χ4v) is 3.40. The number of aliphatic hydroxyl groups excluding tert-OH is 1. The number of nitrogens with zero attached hydrogens (tertiary/aromatic N) is 1. The minimum Gasteiger partial charge on any atom is -0.395 e. The van der Waals surface area contributed by atoms with Gasteiger partial charge in [-0.05, 0) is 32.0 Å². The van der Waals surface area contributed by atoms with Crippen molar-refractivity contribution in [3.05, 3.63) is 29.8 Å². The van der Waals surface area contributed by atoms with E-state index in [9.17, 15) is 21.6 Å². The second kappa shape index (κ2) is 6.11. The Morgan fingerprint density at radius 3 is 2.35 bits per heavy atom. The molecule has 0 amide bonds. The van der Waals surface area contributed by atoms with Gasteiger partial charge in [0.25, 0.3) is 0 Å². The highest BCUT2D eigenvalue weighted by Crippen LogP contribution is 2.31. The predicted octanol–water partition coefficient (Wildman–Crippen LogP) is 2.10. The minimum atomic E-state index is -4.61. The van der Waals surface area contributed by atoms with E-state index >= 15 is 0 Å². The SMILES string of the molecule is CC(C)N(CCO)S(=O)(=O)c1cccc(C(F)(F)F)c1. The zero-order valence-corrected chi connectivity index (χ0v) is 11.9. The standard InChI is InChI=1S/C12H16F3NO3S/c1-9(2)16(6-7-17)20(18,19)11-5-3-4-10(8-11)12(13,14)15/h3-5,8-9,17H,6-7H2,1-2H3. The summed E-state index contributed by atoms with van der Waals surface area (Å²) in [7, 11) is -4.07. The first-order valence-electron chi connectivity index (χ1n) is 5.90. The molecular weight excluding hydrogens is 295 g/mol. The molecule has 0 aliphatic carbocycles. The van der Waals surface area contributed by atoms with E-state index < -0.39 is 39.3 Å². The quantitative estimate of drug-likeness (QED) is 0.906. The van der Waals surface area contributed by atoms with Crippen LogP contribution in [-0.4, -0.2) is 37.0 Å². The molecule has 0 unspecified atom stereocenters. The van der Waals surface area contributed by atoms with Gasteiger partial charge in [-0.1, -0.05) is 6.07 Å². The fraction of sp³-hybridized carbons (Fsp3) is 0.500. The summed E-state index contributed by atoms with van der Waals surface area (Å²) in [4.78, 5) is -0.436. The van der Waals surface area contributed by atoms with Crippen molar-refractivity contribution in [2.75, 3.05) is 13.2 Å². The fourth-order valence-electron chi connectivity index (χ4n) is 1.72. The lowest BCUT2D eigenvalue weighted by molar-refractivity contribution is -0.137. The van der Waals surface area contributed by atoms with E-state index in [0.717, 1.165) is 22.5 Å². The van der Waals surface area contributed by atoms with Gasteiger partial charge in [-0.3, -0.25) is 0 Å². The summed E-state index contributed by atoms with van der Waals surface area (Å²) in [5, 5.41) is 8.89. The Labute approximate surface area is 115 Å². The monoisotopic (exact) mass is 311 g/mol. The van der Waals surface area contributed by atoms with Crippen molar-refractivity contribution < 1.29 is 26.7 Å². The molecule has 0 spiro atoms. The first-order valence-corrected chi connectivity index (χ1v) is 7.34. The van der Waals surface area contributed by atoms with Gasteiger partial charge in [0.1, 0.15) is 0 Å². The maximum atomic E-state index is 12.6. The topological polar surface area (TPSA) is 57.6 Å². The highest BCUT2D eigenvalue weighted by Gasteiger charge is 2.33. The molecule has 1 aromatic rings. The van der Waals surface area contributed by atoms with E-state index in [1.54, 1.807) is 13.8 Å². The Kier molecular flexibility index (Phi) is 5.17. The van der Waals surface area contributed by atoms with Gasteiger partial charge in [-0.2, -0.15) is 17.5 Å². The largest absolute Gasteiger partial charge is 0.416 e. The Morgan fingerprint density at radius 2 is 1.90 bits per heavy atom. The van der Waals surface area contributed by atoms with Gasteiger partial charge in [0.15, 0.2) is 0 Å². The molecule has 1 N–H and O–H groups in total. The average molecular weight is 311 g/mol. The van der Waals surface area contributed by atoms with Crippen molar-refractivity contribution in [3.8, 4) is 0 Å². The smallest absolute Gasteiger partial charge is 0.395 e. The van der Waals surface area contributed by atoms with Crippen LogP contribution in [-0.2, 0) is 16.2 Å². The summed E-state index contributed by atoms with van der Waals surface area (Å²) in [5.41, 5.74) is -1.02. The van der Waals surface area contributed by atoms with Crippen LogP contribution in [0.4, 0.5) is 13.2 Å². The number of rotatable bonds is 5. The van der Waals surface area contributed by atoms with E-state index in [0.29, 0.717) is 6.07 Å². The van der Waals surface area contributed by atoms with Gasteiger partial charge >= 0.3 is 6.18 Å². The number of hydrogen-bond acceptors (Lipinski definition) is 3.